The first-order valence-electron chi connectivity index (χ1n) is 9.00. The number of hydrogen-bond acceptors (Lipinski definition) is 5. The Kier molecular flexibility index (Phi) is 5.68. The average Bonchev–Trinajstić information content (AvgIpc) is 2.66. The van der Waals surface area contributed by atoms with E-state index in [-0.39, 0.29) is 30.7 Å². The van der Waals surface area contributed by atoms with E-state index in [1.165, 1.54) is 4.90 Å². The number of ether oxygens (including phenoxy) is 2. The number of nitrogens with one attached hydrogen (secondary N) is 2. The van der Waals surface area contributed by atoms with Crippen molar-refractivity contribution in [1.82, 2.24) is 10.2 Å². The molecule has 1 fully saturated rings. The van der Waals surface area contributed by atoms with Crippen LogP contribution in [0.25, 0.3) is 0 Å². The van der Waals surface area contributed by atoms with Crippen LogP contribution in [0.15, 0.2) is 18.2 Å². The van der Waals surface area contributed by atoms with Gasteiger partial charge in [0.2, 0.25) is 0 Å². The fourth-order valence-corrected chi connectivity index (χ4v) is 3.12. The van der Waals surface area contributed by atoms with Gasteiger partial charge in [-0.15, -0.1) is 0 Å². The van der Waals surface area contributed by atoms with Crippen molar-refractivity contribution in [2.75, 3.05) is 43.6 Å². The first-order valence-corrected chi connectivity index (χ1v) is 9.00. The monoisotopic (exact) mass is 376 g/mol. The molecule has 0 unspecified atom stereocenters. The molecule has 0 atom stereocenters. The second-order valence-electron chi connectivity index (χ2n) is 6.48. The van der Waals surface area contributed by atoms with Gasteiger partial charge < -0.3 is 29.9 Å². The molecule has 1 saturated heterocycles. The molecule has 0 bridgehead atoms. The van der Waals surface area contributed by atoms with Gasteiger partial charge in [0.25, 0.3) is 5.91 Å². The van der Waals surface area contributed by atoms with Crippen LogP contribution in [-0.2, 0) is 9.53 Å². The van der Waals surface area contributed by atoms with E-state index < -0.39 is 0 Å². The zero-order chi connectivity index (χ0) is 19.4. The molecule has 9 heteroatoms. The number of urea groups is 1. The second-order valence-corrected chi connectivity index (χ2v) is 6.48. The van der Waals surface area contributed by atoms with Gasteiger partial charge in [0.15, 0.2) is 6.61 Å². The minimum absolute atomic E-state index is 0.0131. The highest BCUT2D eigenvalue weighted by Crippen LogP contribution is 2.33. The lowest BCUT2D eigenvalue weighted by Gasteiger charge is -2.31. The summed E-state index contributed by atoms with van der Waals surface area (Å²) in [7, 11) is 1.67. The predicted octanol–water partition coefficient (Wildman–Crippen LogP) is 1.78. The Morgan fingerprint density at radius 2 is 2.04 bits per heavy atom. The first-order chi connectivity index (χ1) is 13.0. The van der Waals surface area contributed by atoms with Crippen LogP contribution in [0.4, 0.5) is 21.0 Å². The highest BCUT2D eigenvalue weighted by molar-refractivity contribution is 5.99. The summed E-state index contributed by atoms with van der Waals surface area (Å²) in [6.07, 6.45) is 1.03. The molecule has 0 radical (unpaired) electrons. The zero-order valence-electron chi connectivity index (χ0n) is 15.5. The molecule has 0 aliphatic carbocycles. The van der Waals surface area contributed by atoms with Gasteiger partial charge in [0, 0.05) is 31.9 Å². The van der Waals surface area contributed by atoms with Gasteiger partial charge in [-0.25, -0.2) is 9.59 Å². The molecular weight excluding hydrogens is 352 g/mol. The van der Waals surface area contributed by atoms with Crippen LogP contribution >= 0.6 is 0 Å². The number of fused-ring (bicyclic) bond motifs is 1. The molecule has 27 heavy (non-hydrogen) atoms. The van der Waals surface area contributed by atoms with Crippen LogP contribution in [0.2, 0.25) is 0 Å². The van der Waals surface area contributed by atoms with Gasteiger partial charge in [0.05, 0.1) is 12.3 Å². The Bertz CT molecular complexity index is 730. The lowest BCUT2D eigenvalue weighted by molar-refractivity contribution is -0.120. The summed E-state index contributed by atoms with van der Waals surface area (Å²) in [4.78, 5) is 38.9. The van der Waals surface area contributed by atoms with Gasteiger partial charge >= 0.3 is 12.1 Å². The molecule has 146 valence electrons. The molecule has 4 amide bonds. The van der Waals surface area contributed by atoms with Gasteiger partial charge in [-0.2, -0.15) is 0 Å². The number of piperidine rings is 1. The predicted molar refractivity (Wildman–Crippen MR) is 99.1 cm³/mol. The van der Waals surface area contributed by atoms with Crippen molar-refractivity contribution in [2.24, 2.45) is 0 Å². The van der Waals surface area contributed by atoms with E-state index in [2.05, 4.69) is 10.6 Å². The SMILES string of the molecule is CCOC(=O)N1CCC(NC(=O)Nc2ccc3c(c2)N(C)C(=O)CO3)CC1. The molecule has 1 aromatic rings. The second kappa shape index (κ2) is 8.15. The van der Waals surface area contributed by atoms with Crippen molar-refractivity contribution in [3.8, 4) is 5.75 Å². The normalized spacial score (nSPS) is 17.0. The van der Waals surface area contributed by atoms with Crippen LogP contribution in [0.1, 0.15) is 19.8 Å². The molecule has 0 spiro atoms. The van der Waals surface area contributed by atoms with E-state index in [9.17, 15) is 14.4 Å². The largest absolute Gasteiger partial charge is 0.482 e. The van der Waals surface area contributed by atoms with Gasteiger partial charge in [-0.1, -0.05) is 0 Å². The van der Waals surface area contributed by atoms with E-state index in [0.29, 0.717) is 49.7 Å². The minimum atomic E-state index is -0.324. The molecule has 2 heterocycles. The maximum atomic E-state index is 12.3. The number of likely N-dealkylation sites (tertiary alicyclic amines) is 1. The van der Waals surface area contributed by atoms with Crippen molar-refractivity contribution < 1.29 is 23.9 Å². The fraction of sp³-hybridized carbons (Fsp3) is 0.500. The number of hydrogen-bond donors (Lipinski definition) is 2. The van der Waals surface area contributed by atoms with Crippen LogP contribution in [0.3, 0.4) is 0 Å². The maximum Gasteiger partial charge on any atom is 0.409 e. The molecule has 2 aliphatic rings. The molecule has 2 N–H and O–H groups in total. The lowest BCUT2D eigenvalue weighted by atomic mass is 10.1. The number of amides is 4. The number of likely N-dealkylation sites (N-methyl/N-ethyl adjacent to an activating group) is 1. The summed E-state index contributed by atoms with van der Waals surface area (Å²) < 4.78 is 10.4. The summed E-state index contributed by atoms with van der Waals surface area (Å²) in [5.74, 6) is 0.465. The molecule has 0 aromatic heterocycles. The van der Waals surface area contributed by atoms with Crippen molar-refractivity contribution in [1.29, 1.82) is 0 Å². The fourth-order valence-electron chi connectivity index (χ4n) is 3.12. The van der Waals surface area contributed by atoms with Gasteiger partial charge in [-0.05, 0) is 38.0 Å². The van der Waals surface area contributed by atoms with E-state index >= 15 is 0 Å². The Morgan fingerprint density at radius 3 is 2.74 bits per heavy atom. The zero-order valence-corrected chi connectivity index (χ0v) is 15.5. The highest BCUT2D eigenvalue weighted by atomic mass is 16.6. The number of rotatable bonds is 3. The average molecular weight is 376 g/mol. The van der Waals surface area contributed by atoms with Crippen LogP contribution in [0.5, 0.6) is 5.75 Å². The van der Waals surface area contributed by atoms with Crippen LogP contribution < -0.4 is 20.3 Å². The highest BCUT2D eigenvalue weighted by Gasteiger charge is 2.25. The third kappa shape index (κ3) is 4.42. The van der Waals surface area contributed by atoms with Crippen molar-refractivity contribution in [3.63, 3.8) is 0 Å². The molecule has 0 saturated carbocycles. The van der Waals surface area contributed by atoms with Gasteiger partial charge in [-0.3, -0.25) is 4.79 Å². The number of carbonyl (C=O) groups is 3. The molecular formula is C18H24N4O5. The first kappa shape index (κ1) is 18.8. The summed E-state index contributed by atoms with van der Waals surface area (Å²) in [6.45, 7) is 3.24. The van der Waals surface area contributed by atoms with Crippen LogP contribution in [0, 0.1) is 0 Å². The van der Waals surface area contributed by atoms with E-state index in [1.807, 2.05) is 0 Å². The number of nitrogens with zero attached hydrogens (tertiary/aromatic N) is 2. The number of benzene rings is 1. The third-order valence-corrected chi connectivity index (χ3v) is 4.66. The van der Waals surface area contributed by atoms with Crippen LogP contribution in [-0.4, -0.2) is 62.3 Å². The van der Waals surface area contributed by atoms with Crippen molar-refractivity contribution in [2.45, 2.75) is 25.8 Å². The minimum Gasteiger partial charge on any atom is -0.482 e. The number of carbonyl (C=O) groups excluding carboxylic acids is 3. The summed E-state index contributed by atoms with van der Waals surface area (Å²) in [5, 5.41) is 5.70. The lowest BCUT2D eigenvalue weighted by Crippen LogP contribution is -2.47. The molecule has 2 aliphatic heterocycles. The maximum absolute atomic E-state index is 12.3. The van der Waals surface area contributed by atoms with Gasteiger partial charge in [0.1, 0.15) is 5.75 Å². The third-order valence-electron chi connectivity index (χ3n) is 4.66. The van der Waals surface area contributed by atoms with Crippen molar-refractivity contribution in [3.05, 3.63) is 18.2 Å². The smallest absolute Gasteiger partial charge is 0.409 e. The molecule has 9 nitrogen and oxygen atoms in total. The molecule has 3 rings (SSSR count). The quantitative estimate of drug-likeness (QED) is 0.838. The summed E-state index contributed by atoms with van der Waals surface area (Å²) >= 11 is 0. The summed E-state index contributed by atoms with van der Waals surface area (Å²) in [6, 6.07) is 4.82. The standard InChI is InChI=1S/C18H24N4O5/c1-3-26-18(25)22-8-6-12(7-9-22)19-17(24)20-13-4-5-15-14(10-13)21(2)16(23)11-27-15/h4-5,10,12H,3,6-9,11H2,1-2H3,(H2,19,20,24). The van der Waals surface area contributed by atoms with E-state index in [1.54, 1.807) is 37.1 Å². The Labute approximate surface area is 157 Å². The number of anilines is 2. The van der Waals surface area contributed by atoms with E-state index in [0.717, 1.165) is 0 Å². The summed E-state index contributed by atoms with van der Waals surface area (Å²) in [5.41, 5.74) is 1.19. The molecule has 1 aromatic carbocycles. The topological polar surface area (TPSA) is 100 Å². The Hall–Kier alpha value is -2.97. The van der Waals surface area contributed by atoms with E-state index in [4.69, 9.17) is 9.47 Å². The Morgan fingerprint density at radius 1 is 1.30 bits per heavy atom. The Balaban J connectivity index is 1.52. The van der Waals surface area contributed by atoms with Crippen molar-refractivity contribution >= 4 is 29.4 Å².